The van der Waals surface area contributed by atoms with E-state index in [9.17, 15) is 9.46 Å². The van der Waals surface area contributed by atoms with Crippen LogP contribution in [0, 0.1) is 0 Å². The Morgan fingerprint density at radius 3 is 2.90 bits per heavy atom. The molecule has 1 atom stereocenters. The van der Waals surface area contributed by atoms with Gasteiger partial charge in [-0.15, -0.1) is 0 Å². The standard InChI is InChI=1S/C6H3O3P/c7-10(8)5-3-1-2-4-6(5)9-4/h1-3H. The van der Waals surface area contributed by atoms with Gasteiger partial charge in [-0.1, -0.05) is 10.6 Å². The topological polar surface area (TPSA) is 52.7 Å². The Balaban J connectivity index is 2.56. The molecule has 1 aromatic carbocycles. The highest BCUT2D eigenvalue weighted by molar-refractivity contribution is 7.46. The van der Waals surface area contributed by atoms with Gasteiger partial charge in [-0.25, -0.2) is 0 Å². The molecule has 1 heterocycles. The maximum Gasteiger partial charge on any atom is 0.352 e. The molecule has 0 N–H and O–H groups in total. The smallest absolute Gasteiger partial charge is 0.352 e. The second-order valence-electron chi connectivity index (χ2n) is 1.96. The van der Waals surface area contributed by atoms with Crippen LogP contribution in [0.4, 0.5) is 0 Å². The van der Waals surface area contributed by atoms with Crippen molar-refractivity contribution in [3.05, 3.63) is 18.2 Å². The molecule has 0 aromatic heterocycles. The molecule has 2 rings (SSSR count). The third kappa shape index (κ3) is 0.719. The SMILES string of the molecule is O=[P+]([O-])c1cccc2c1O2. The Hall–Kier alpha value is -0.920. The first-order valence-electron chi connectivity index (χ1n) is 2.74. The van der Waals surface area contributed by atoms with Gasteiger partial charge in [0.1, 0.15) is 0 Å². The summed E-state index contributed by atoms with van der Waals surface area (Å²) in [7, 11) is -2.49. The lowest BCUT2D eigenvalue weighted by molar-refractivity contribution is -0.160. The summed E-state index contributed by atoms with van der Waals surface area (Å²) < 4.78 is 15.3. The third-order valence-electron chi connectivity index (χ3n) is 1.33. The van der Waals surface area contributed by atoms with Crippen molar-refractivity contribution in [1.29, 1.82) is 0 Å². The fourth-order valence-corrected chi connectivity index (χ4v) is 1.35. The van der Waals surface area contributed by atoms with E-state index in [1.54, 1.807) is 12.1 Å². The van der Waals surface area contributed by atoms with Crippen LogP contribution >= 0.6 is 8.03 Å². The fourth-order valence-electron chi connectivity index (χ4n) is 0.819. The zero-order chi connectivity index (χ0) is 7.14. The van der Waals surface area contributed by atoms with Crippen molar-refractivity contribution < 1.29 is 14.2 Å². The Bertz CT molecular complexity index is 308. The van der Waals surface area contributed by atoms with Crippen LogP contribution in [0.15, 0.2) is 18.2 Å². The van der Waals surface area contributed by atoms with Gasteiger partial charge in [0.2, 0.25) is 11.1 Å². The van der Waals surface area contributed by atoms with Gasteiger partial charge in [-0.05, 0) is 12.1 Å². The molecule has 1 aliphatic rings. The molecule has 1 unspecified atom stereocenters. The van der Waals surface area contributed by atoms with Crippen molar-refractivity contribution in [3.63, 3.8) is 0 Å². The second kappa shape index (κ2) is 1.78. The highest BCUT2D eigenvalue weighted by Crippen LogP contribution is 2.45. The summed E-state index contributed by atoms with van der Waals surface area (Å²) in [5.41, 5.74) is 0. The lowest BCUT2D eigenvalue weighted by atomic mass is 10.4. The quantitative estimate of drug-likeness (QED) is 0.444. The maximum absolute atomic E-state index is 10.4. The van der Waals surface area contributed by atoms with E-state index in [1.807, 2.05) is 0 Å². The van der Waals surface area contributed by atoms with Crippen LogP contribution in [0.5, 0.6) is 11.5 Å². The Morgan fingerprint density at radius 2 is 2.30 bits per heavy atom. The summed E-state index contributed by atoms with van der Waals surface area (Å²) in [5.74, 6) is 1.19. The molecule has 0 fully saturated rings. The van der Waals surface area contributed by atoms with Gasteiger partial charge in [-0.3, -0.25) is 0 Å². The highest BCUT2D eigenvalue weighted by Gasteiger charge is 2.30. The van der Waals surface area contributed by atoms with E-state index in [4.69, 9.17) is 4.74 Å². The van der Waals surface area contributed by atoms with E-state index in [0.717, 1.165) is 0 Å². The van der Waals surface area contributed by atoms with Crippen LogP contribution in [0.25, 0.3) is 0 Å². The Kier molecular flexibility index (Phi) is 1.04. The molecule has 0 bridgehead atoms. The molecule has 50 valence electrons. The van der Waals surface area contributed by atoms with Gasteiger partial charge < -0.3 is 9.63 Å². The van der Waals surface area contributed by atoms with Crippen LogP contribution in [0.3, 0.4) is 0 Å². The number of para-hydroxylation sites is 1. The highest BCUT2D eigenvalue weighted by atomic mass is 31.1. The Labute approximate surface area is 58.1 Å². The molecule has 1 aliphatic heterocycles. The van der Waals surface area contributed by atoms with Gasteiger partial charge in [0, 0.05) is 0 Å². The first kappa shape index (κ1) is 5.83. The zero-order valence-corrected chi connectivity index (χ0v) is 5.80. The summed E-state index contributed by atoms with van der Waals surface area (Å²) in [5, 5.41) is 0.285. The van der Waals surface area contributed by atoms with E-state index in [1.165, 1.54) is 6.07 Å². The lowest BCUT2D eigenvalue weighted by Crippen LogP contribution is -2.00. The molecule has 0 spiro atoms. The minimum atomic E-state index is -2.49. The van der Waals surface area contributed by atoms with E-state index >= 15 is 0 Å². The lowest BCUT2D eigenvalue weighted by Gasteiger charge is -1.80. The van der Waals surface area contributed by atoms with Crippen LogP contribution in [0.1, 0.15) is 0 Å². The van der Waals surface area contributed by atoms with Crippen molar-refractivity contribution in [2.75, 3.05) is 0 Å². The van der Waals surface area contributed by atoms with Gasteiger partial charge >= 0.3 is 8.03 Å². The van der Waals surface area contributed by atoms with Gasteiger partial charge in [0.05, 0.1) is 0 Å². The van der Waals surface area contributed by atoms with Crippen molar-refractivity contribution in [2.45, 2.75) is 0 Å². The molecule has 10 heavy (non-hydrogen) atoms. The number of fused-ring (bicyclic) bond motifs is 1. The molecule has 4 heteroatoms. The number of benzene rings is 1. The van der Waals surface area contributed by atoms with Crippen LogP contribution < -0.4 is 14.9 Å². The maximum atomic E-state index is 10.4. The van der Waals surface area contributed by atoms with Crippen LogP contribution in [-0.2, 0) is 4.57 Å². The molecule has 0 saturated carbocycles. The summed E-state index contributed by atoms with van der Waals surface area (Å²) in [4.78, 5) is 10.4. The van der Waals surface area contributed by atoms with Crippen LogP contribution in [0.2, 0.25) is 0 Å². The van der Waals surface area contributed by atoms with Crippen molar-refractivity contribution >= 4 is 13.3 Å². The molecule has 0 saturated heterocycles. The van der Waals surface area contributed by atoms with Gasteiger partial charge in [0.15, 0.2) is 5.75 Å². The summed E-state index contributed by atoms with van der Waals surface area (Å²) >= 11 is 0. The largest absolute Gasteiger partial charge is 0.591 e. The molecular weight excluding hydrogens is 151 g/mol. The summed E-state index contributed by atoms with van der Waals surface area (Å²) in [6.07, 6.45) is 0. The van der Waals surface area contributed by atoms with E-state index in [-0.39, 0.29) is 5.30 Å². The van der Waals surface area contributed by atoms with Crippen LogP contribution in [-0.4, -0.2) is 0 Å². The first-order valence-corrected chi connectivity index (χ1v) is 3.92. The second-order valence-corrected chi connectivity index (χ2v) is 2.96. The van der Waals surface area contributed by atoms with Crippen molar-refractivity contribution in [3.8, 4) is 11.5 Å². The fraction of sp³-hybridized carbons (Fsp3) is 0. The summed E-state index contributed by atoms with van der Waals surface area (Å²) in [6, 6.07) is 4.92. The summed E-state index contributed by atoms with van der Waals surface area (Å²) in [6.45, 7) is 0. The Morgan fingerprint density at radius 1 is 1.50 bits per heavy atom. The molecule has 0 aliphatic carbocycles. The predicted octanol–water partition coefficient (Wildman–Crippen LogP) is 0.520. The molecule has 3 nitrogen and oxygen atoms in total. The van der Waals surface area contributed by atoms with E-state index in [2.05, 4.69) is 0 Å². The number of hydrogen-bond acceptors (Lipinski definition) is 3. The van der Waals surface area contributed by atoms with E-state index in [0.29, 0.717) is 11.5 Å². The molecular formula is C6H3O3P. The molecule has 1 aromatic rings. The normalized spacial score (nSPS) is 13.5. The minimum Gasteiger partial charge on any atom is -0.591 e. The van der Waals surface area contributed by atoms with Gasteiger partial charge in [0.25, 0.3) is 0 Å². The third-order valence-corrected chi connectivity index (χ3v) is 2.07. The number of rotatable bonds is 1. The predicted molar refractivity (Wildman–Crippen MR) is 33.8 cm³/mol. The average Bonchev–Trinajstić information content (AvgIpc) is 2.63. The monoisotopic (exact) mass is 154 g/mol. The number of ether oxygens (including phenoxy) is 1. The molecule has 0 radical (unpaired) electrons. The zero-order valence-electron chi connectivity index (χ0n) is 4.90. The molecule has 0 amide bonds. The number of hydrogen-bond donors (Lipinski definition) is 0. The van der Waals surface area contributed by atoms with Crippen molar-refractivity contribution in [1.82, 2.24) is 0 Å². The van der Waals surface area contributed by atoms with E-state index < -0.39 is 8.03 Å². The first-order chi connectivity index (χ1) is 4.79. The minimum absolute atomic E-state index is 0.285. The van der Waals surface area contributed by atoms with Gasteiger partial charge in [-0.2, -0.15) is 0 Å². The van der Waals surface area contributed by atoms with Crippen molar-refractivity contribution in [2.24, 2.45) is 0 Å². The average molecular weight is 154 g/mol.